The summed E-state index contributed by atoms with van der Waals surface area (Å²) in [5.74, 6) is -0.399. The van der Waals surface area contributed by atoms with Crippen LogP contribution in [0.1, 0.15) is 50.7 Å². The van der Waals surface area contributed by atoms with Crippen molar-refractivity contribution in [2.24, 2.45) is 11.7 Å². The maximum Gasteiger partial charge on any atom is 0.320 e. The fraction of sp³-hybridized carbons (Fsp3) is 0.483. The van der Waals surface area contributed by atoms with Gasteiger partial charge in [0.25, 0.3) is 0 Å². The van der Waals surface area contributed by atoms with E-state index in [-0.39, 0.29) is 36.6 Å². The van der Waals surface area contributed by atoms with Crippen LogP contribution in [0.3, 0.4) is 0 Å². The highest BCUT2D eigenvalue weighted by Gasteiger charge is 2.30. The molecule has 0 unspecified atom stereocenters. The Morgan fingerprint density at radius 3 is 2.28 bits per heavy atom. The van der Waals surface area contributed by atoms with Crippen LogP contribution in [0.25, 0.3) is 0 Å². The quantitative estimate of drug-likeness (QED) is 0.375. The number of rotatable bonds is 12. The fourth-order valence-electron chi connectivity index (χ4n) is 4.39. The van der Waals surface area contributed by atoms with Crippen LogP contribution in [0.15, 0.2) is 48.5 Å². The lowest BCUT2D eigenvalue weighted by atomic mass is 10.0. The van der Waals surface area contributed by atoms with Gasteiger partial charge in [-0.25, -0.2) is 9.18 Å². The van der Waals surface area contributed by atoms with E-state index >= 15 is 0 Å². The molecule has 0 bridgehead atoms. The molecule has 1 atom stereocenters. The Labute approximate surface area is 229 Å². The summed E-state index contributed by atoms with van der Waals surface area (Å²) < 4.78 is 19.2. The first-order valence-electron chi connectivity index (χ1n) is 13.4. The van der Waals surface area contributed by atoms with Gasteiger partial charge in [0, 0.05) is 38.6 Å². The molecule has 4 N–H and O–H groups in total. The lowest BCUT2D eigenvalue weighted by Crippen LogP contribution is -2.51. The van der Waals surface area contributed by atoms with Gasteiger partial charge in [0.05, 0.1) is 6.61 Å². The molecule has 3 amide bonds. The smallest absolute Gasteiger partial charge is 0.320 e. The summed E-state index contributed by atoms with van der Waals surface area (Å²) in [6.45, 7) is 6.36. The number of carboxylic acid groups (broad SMARTS) is 1. The van der Waals surface area contributed by atoms with Gasteiger partial charge >= 0.3 is 12.0 Å². The van der Waals surface area contributed by atoms with Crippen molar-refractivity contribution in [3.63, 3.8) is 0 Å². The highest BCUT2D eigenvalue weighted by molar-refractivity contribution is 5.78. The summed E-state index contributed by atoms with van der Waals surface area (Å²) in [4.78, 5) is 40.3. The lowest BCUT2D eigenvalue weighted by Gasteiger charge is -2.38. The normalized spacial score (nSPS) is 14.6. The van der Waals surface area contributed by atoms with Crippen LogP contribution in [0.5, 0.6) is 5.75 Å². The second-order valence-electron chi connectivity index (χ2n) is 10.4. The van der Waals surface area contributed by atoms with Crippen molar-refractivity contribution in [2.45, 2.75) is 64.7 Å². The second-order valence-corrected chi connectivity index (χ2v) is 10.4. The number of aliphatic carboxylic acids is 1. The molecule has 10 heteroatoms. The average Bonchev–Trinajstić information content (AvgIpc) is 2.93. The Morgan fingerprint density at radius 2 is 1.69 bits per heavy atom. The number of hydrogen-bond donors (Lipinski definition) is 3. The molecule has 3 rings (SSSR count). The maximum atomic E-state index is 13.5. The molecule has 1 aliphatic heterocycles. The number of carbonyl (C=O) groups is 3. The van der Waals surface area contributed by atoms with E-state index in [0.717, 1.165) is 16.9 Å². The Morgan fingerprint density at radius 1 is 1.08 bits per heavy atom. The molecular formula is C29H39FN4O5. The summed E-state index contributed by atoms with van der Waals surface area (Å²) in [7, 11) is 0. The summed E-state index contributed by atoms with van der Waals surface area (Å²) in [5.41, 5.74) is 7.26. The third-order valence-corrected chi connectivity index (χ3v) is 6.72. The van der Waals surface area contributed by atoms with Crippen molar-refractivity contribution in [3.05, 3.63) is 65.5 Å². The molecule has 2 aromatic carbocycles. The van der Waals surface area contributed by atoms with E-state index in [4.69, 9.17) is 15.6 Å². The molecule has 1 heterocycles. The van der Waals surface area contributed by atoms with E-state index in [2.05, 4.69) is 19.2 Å². The van der Waals surface area contributed by atoms with E-state index in [9.17, 15) is 18.8 Å². The minimum atomic E-state index is -1.13. The number of urea groups is 1. The number of carbonyl (C=O) groups excluding carboxylic acids is 2. The lowest BCUT2D eigenvalue weighted by molar-refractivity contribution is -0.139. The summed E-state index contributed by atoms with van der Waals surface area (Å²) in [6.07, 6.45) is 1.30. The first-order chi connectivity index (χ1) is 18.6. The number of nitrogens with two attached hydrogens (primary N) is 1. The number of carboxylic acids is 1. The van der Waals surface area contributed by atoms with Crippen molar-refractivity contribution >= 4 is 17.9 Å². The van der Waals surface area contributed by atoms with Crippen LogP contribution in [-0.4, -0.2) is 64.6 Å². The second kappa shape index (κ2) is 14.5. The number of nitrogens with one attached hydrogen (secondary N) is 1. The summed E-state index contributed by atoms with van der Waals surface area (Å²) in [5, 5.41) is 11.9. The molecule has 2 aromatic rings. The van der Waals surface area contributed by atoms with Crippen molar-refractivity contribution < 1.29 is 28.6 Å². The van der Waals surface area contributed by atoms with E-state index in [1.165, 1.54) is 12.1 Å². The van der Waals surface area contributed by atoms with E-state index in [1.807, 2.05) is 24.3 Å². The van der Waals surface area contributed by atoms with Gasteiger partial charge < -0.3 is 30.7 Å². The largest absolute Gasteiger partial charge is 0.493 e. The van der Waals surface area contributed by atoms with E-state index in [1.54, 1.807) is 21.9 Å². The van der Waals surface area contributed by atoms with Gasteiger partial charge in [-0.05, 0) is 60.6 Å². The number of halogens is 1. The number of piperidine rings is 1. The van der Waals surface area contributed by atoms with Gasteiger partial charge in [-0.1, -0.05) is 38.1 Å². The third-order valence-electron chi connectivity index (χ3n) is 6.72. The summed E-state index contributed by atoms with van der Waals surface area (Å²) in [6, 6.07) is 12.3. The van der Waals surface area contributed by atoms with Gasteiger partial charge in [-0.3, -0.25) is 9.59 Å². The van der Waals surface area contributed by atoms with Crippen molar-refractivity contribution in [1.29, 1.82) is 0 Å². The Balaban J connectivity index is 1.60. The zero-order valence-electron chi connectivity index (χ0n) is 22.6. The fourth-order valence-corrected chi connectivity index (χ4v) is 4.39. The minimum Gasteiger partial charge on any atom is -0.493 e. The molecule has 0 radical (unpaired) electrons. The first-order valence-corrected chi connectivity index (χ1v) is 13.4. The van der Waals surface area contributed by atoms with Crippen LogP contribution < -0.4 is 15.8 Å². The predicted molar refractivity (Wildman–Crippen MR) is 145 cm³/mol. The molecule has 9 nitrogen and oxygen atoms in total. The summed E-state index contributed by atoms with van der Waals surface area (Å²) >= 11 is 0. The van der Waals surface area contributed by atoms with Gasteiger partial charge in [0.2, 0.25) is 5.91 Å². The predicted octanol–water partition coefficient (Wildman–Crippen LogP) is 3.76. The van der Waals surface area contributed by atoms with E-state index < -0.39 is 12.0 Å². The van der Waals surface area contributed by atoms with Gasteiger partial charge in [-0.15, -0.1) is 0 Å². The first kappa shape index (κ1) is 29.9. The number of nitrogens with zero attached hydrogens (tertiary/aromatic N) is 2. The minimum absolute atomic E-state index is 0.0687. The zero-order chi connectivity index (χ0) is 28.4. The molecule has 212 valence electrons. The van der Waals surface area contributed by atoms with Crippen molar-refractivity contribution in [3.8, 4) is 5.75 Å². The molecule has 39 heavy (non-hydrogen) atoms. The topological polar surface area (TPSA) is 125 Å². The third kappa shape index (κ3) is 9.55. The number of hydrogen-bond acceptors (Lipinski definition) is 5. The van der Waals surface area contributed by atoms with Gasteiger partial charge in [-0.2, -0.15) is 0 Å². The molecule has 1 aliphatic rings. The Hall–Kier alpha value is -3.66. The molecule has 0 saturated carbocycles. The molecular weight excluding hydrogens is 503 g/mol. The maximum absolute atomic E-state index is 13.5. The average molecular weight is 543 g/mol. The standard InChI is InChI=1S/C29H39FN4O5/c1-20(2)19-39-25-9-5-21(6-10-25)17-32-29(38)34(18-22-3-7-23(30)8-4-22)24-13-15-33(16-14-24)27(35)12-11-26(31)28(36)37/h3-10,20,24,26H,11-19,31H2,1-2H3,(H,32,38)(H,36,37)/t26-/m0/s1. The van der Waals surface area contributed by atoms with Gasteiger partial charge in [0.1, 0.15) is 17.6 Å². The Kier molecular flexibility index (Phi) is 11.1. The number of likely N-dealkylation sites (tertiary alicyclic amines) is 1. The molecule has 0 spiro atoms. The SMILES string of the molecule is CC(C)COc1ccc(CNC(=O)N(Cc2ccc(F)cc2)C2CCN(C(=O)CC[C@H](N)C(=O)O)CC2)cc1. The molecule has 1 saturated heterocycles. The van der Waals surface area contributed by atoms with E-state index in [0.29, 0.717) is 51.5 Å². The van der Waals surface area contributed by atoms with Crippen LogP contribution in [-0.2, 0) is 22.7 Å². The van der Waals surface area contributed by atoms with Crippen molar-refractivity contribution in [1.82, 2.24) is 15.1 Å². The van der Waals surface area contributed by atoms with Gasteiger partial charge in [0.15, 0.2) is 0 Å². The highest BCUT2D eigenvalue weighted by atomic mass is 19.1. The number of benzene rings is 2. The van der Waals surface area contributed by atoms with Crippen molar-refractivity contribution in [2.75, 3.05) is 19.7 Å². The Bertz CT molecular complexity index is 1090. The zero-order valence-corrected chi connectivity index (χ0v) is 22.6. The monoisotopic (exact) mass is 542 g/mol. The molecule has 1 fully saturated rings. The van der Waals surface area contributed by atoms with Crippen LogP contribution in [0.4, 0.5) is 9.18 Å². The number of ether oxygens (including phenoxy) is 1. The van der Waals surface area contributed by atoms with Crippen LogP contribution >= 0.6 is 0 Å². The number of amides is 3. The molecule has 0 aliphatic carbocycles. The van der Waals surface area contributed by atoms with Crippen LogP contribution in [0, 0.1) is 11.7 Å². The highest BCUT2D eigenvalue weighted by Crippen LogP contribution is 2.21. The van der Waals surface area contributed by atoms with Crippen LogP contribution in [0.2, 0.25) is 0 Å². The molecule has 0 aromatic heterocycles.